The first-order valence-electron chi connectivity index (χ1n) is 7.23. The molecule has 0 saturated heterocycles. The highest BCUT2D eigenvalue weighted by Gasteiger charge is 2.10. The second-order valence-corrected chi connectivity index (χ2v) is 6.49. The molecule has 1 heterocycles. The van der Waals surface area contributed by atoms with Crippen LogP contribution in [0.2, 0.25) is 5.02 Å². The number of rotatable bonds is 6. The number of H-pyrrole nitrogens is 1. The average Bonchev–Trinajstić information content (AvgIpc) is 2.55. The predicted octanol–water partition coefficient (Wildman–Crippen LogP) is 2.18. The predicted molar refractivity (Wildman–Crippen MR) is 96.1 cm³/mol. The zero-order valence-electron chi connectivity index (χ0n) is 13.6. The SMILES string of the molecule is COC(=O)Cc1cc(=O)[nH]c(SCC(=O)Nc2ccc(Cl)cc2C)n1. The van der Waals surface area contributed by atoms with Gasteiger partial charge in [0.15, 0.2) is 5.16 Å². The van der Waals surface area contributed by atoms with Gasteiger partial charge < -0.3 is 15.0 Å². The average molecular weight is 382 g/mol. The number of ether oxygens (including phenoxy) is 1. The smallest absolute Gasteiger partial charge is 0.311 e. The lowest BCUT2D eigenvalue weighted by atomic mass is 10.2. The lowest BCUT2D eigenvalue weighted by Crippen LogP contribution is -2.17. The molecule has 25 heavy (non-hydrogen) atoms. The first-order valence-corrected chi connectivity index (χ1v) is 8.59. The number of hydrogen-bond donors (Lipinski definition) is 2. The number of benzene rings is 1. The topological polar surface area (TPSA) is 101 Å². The molecule has 132 valence electrons. The maximum atomic E-state index is 12.1. The summed E-state index contributed by atoms with van der Waals surface area (Å²) in [5.74, 6) is -0.700. The van der Waals surface area contributed by atoms with Crippen molar-refractivity contribution < 1.29 is 14.3 Å². The Kier molecular flexibility index (Phi) is 6.60. The number of nitrogens with one attached hydrogen (secondary N) is 2. The van der Waals surface area contributed by atoms with Crippen LogP contribution in [0.15, 0.2) is 34.2 Å². The van der Waals surface area contributed by atoms with Crippen LogP contribution in [0.4, 0.5) is 5.69 Å². The third-order valence-corrected chi connectivity index (χ3v) is 4.24. The molecular formula is C16H16ClN3O4S. The Balaban J connectivity index is 1.99. The molecular weight excluding hydrogens is 366 g/mol. The molecule has 2 rings (SSSR count). The molecule has 7 nitrogen and oxygen atoms in total. The van der Waals surface area contributed by atoms with Gasteiger partial charge in [-0.25, -0.2) is 4.98 Å². The lowest BCUT2D eigenvalue weighted by Gasteiger charge is -2.08. The van der Waals surface area contributed by atoms with Gasteiger partial charge >= 0.3 is 5.97 Å². The van der Waals surface area contributed by atoms with Crippen LogP contribution < -0.4 is 10.9 Å². The van der Waals surface area contributed by atoms with Crippen LogP contribution in [0, 0.1) is 6.92 Å². The molecule has 2 aromatic rings. The zero-order chi connectivity index (χ0) is 18.4. The molecule has 0 radical (unpaired) electrons. The number of methoxy groups -OCH3 is 1. The molecule has 0 spiro atoms. The monoisotopic (exact) mass is 381 g/mol. The highest BCUT2D eigenvalue weighted by Crippen LogP contribution is 2.20. The minimum absolute atomic E-state index is 0.0483. The maximum absolute atomic E-state index is 12.1. The molecule has 0 unspecified atom stereocenters. The van der Waals surface area contributed by atoms with E-state index in [0.717, 1.165) is 17.3 Å². The fourth-order valence-corrected chi connectivity index (χ4v) is 2.87. The van der Waals surface area contributed by atoms with Gasteiger partial charge in [-0.05, 0) is 30.7 Å². The summed E-state index contributed by atoms with van der Waals surface area (Å²) in [6.45, 7) is 1.84. The number of halogens is 1. The van der Waals surface area contributed by atoms with Crippen molar-refractivity contribution in [2.45, 2.75) is 18.5 Å². The molecule has 0 saturated carbocycles. The van der Waals surface area contributed by atoms with Crippen LogP contribution in [0.25, 0.3) is 0 Å². The Hall–Kier alpha value is -2.32. The van der Waals surface area contributed by atoms with Crippen molar-refractivity contribution in [3.8, 4) is 0 Å². The summed E-state index contributed by atoms with van der Waals surface area (Å²) in [7, 11) is 1.26. The number of anilines is 1. The van der Waals surface area contributed by atoms with E-state index in [4.69, 9.17) is 11.6 Å². The molecule has 2 N–H and O–H groups in total. The van der Waals surface area contributed by atoms with E-state index in [1.165, 1.54) is 13.2 Å². The van der Waals surface area contributed by atoms with Crippen molar-refractivity contribution in [2.24, 2.45) is 0 Å². The summed E-state index contributed by atoms with van der Waals surface area (Å²) in [4.78, 5) is 41.6. The standard InChI is InChI=1S/C16H16ClN3O4S/c1-9-5-10(17)3-4-12(9)19-14(22)8-25-16-18-11(6-13(21)20-16)7-15(23)24-2/h3-6H,7-8H2,1-2H3,(H,19,22)(H,18,20,21). The minimum atomic E-state index is -0.495. The normalized spacial score (nSPS) is 10.4. The highest BCUT2D eigenvalue weighted by molar-refractivity contribution is 7.99. The van der Waals surface area contributed by atoms with Gasteiger partial charge in [-0.3, -0.25) is 14.4 Å². The van der Waals surface area contributed by atoms with E-state index in [1.54, 1.807) is 18.2 Å². The number of nitrogens with zero attached hydrogens (tertiary/aromatic N) is 1. The second kappa shape index (κ2) is 8.68. The van der Waals surface area contributed by atoms with Gasteiger partial charge in [-0.1, -0.05) is 23.4 Å². The van der Waals surface area contributed by atoms with Crippen LogP contribution >= 0.6 is 23.4 Å². The molecule has 0 fully saturated rings. The van der Waals surface area contributed by atoms with E-state index in [2.05, 4.69) is 20.0 Å². The molecule has 0 aliphatic rings. The van der Waals surface area contributed by atoms with Crippen molar-refractivity contribution in [2.75, 3.05) is 18.2 Å². The summed E-state index contributed by atoms with van der Waals surface area (Å²) in [5.41, 5.74) is 1.39. The molecule has 1 amide bonds. The van der Waals surface area contributed by atoms with Crippen LogP contribution in [0.5, 0.6) is 0 Å². The summed E-state index contributed by atoms with van der Waals surface area (Å²) in [5, 5.41) is 3.62. The van der Waals surface area contributed by atoms with E-state index >= 15 is 0 Å². The van der Waals surface area contributed by atoms with Gasteiger partial charge in [0.05, 0.1) is 25.0 Å². The minimum Gasteiger partial charge on any atom is -0.469 e. The number of esters is 1. The first kappa shape index (κ1) is 19.0. The van der Waals surface area contributed by atoms with Crippen LogP contribution in [-0.2, 0) is 20.7 Å². The fourth-order valence-electron chi connectivity index (χ4n) is 1.95. The molecule has 9 heteroatoms. The van der Waals surface area contributed by atoms with Gasteiger partial charge in [-0.15, -0.1) is 0 Å². The number of thioether (sulfide) groups is 1. The van der Waals surface area contributed by atoms with Gasteiger partial charge in [0.2, 0.25) is 5.91 Å². The van der Waals surface area contributed by atoms with Crippen molar-refractivity contribution in [3.05, 3.63) is 50.9 Å². The summed E-state index contributed by atoms with van der Waals surface area (Å²) >= 11 is 6.94. The van der Waals surface area contributed by atoms with Gasteiger partial charge in [0, 0.05) is 16.8 Å². The molecule has 1 aromatic heterocycles. The van der Waals surface area contributed by atoms with Crippen molar-refractivity contribution >= 4 is 40.9 Å². The maximum Gasteiger partial charge on any atom is 0.311 e. The van der Waals surface area contributed by atoms with Crippen LogP contribution in [-0.4, -0.2) is 34.7 Å². The molecule has 0 aliphatic carbocycles. The second-order valence-electron chi connectivity index (χ2n) is 5.09. The Labute approximate surface area is 153 Å². The van der Waals surface area contributed by atoms with E-state index in [1.807, 2.05) is 6.92 Å². The molecule has 0 bridgehead atoms. The number of aromatic amines is 1. The van der Waals surface area contributed by atoms with Crippen molar-refractivity contribution in [1.82, 2.24) is 9.97 Å². The number of amides is 1. The third kappa shape index (κ3) is 5.91. The van der Waals surface area contributed by atoms with Crippen molar-refractivity contribution in [1.29, 1.82) is 0 Å². The number of hydrogen-bond acceptors (Lipinski definition) is 6. The van der Waals surface area contributed by atoms with Crippen LogP contribution in [0.3, 0.4) is 0 Å². The van der Waals surface area contributed by atoms with Gasteiger partial charge in [0.25, 0.3) is 5.56 Å². The van der Waals surface area contributed by atoms with Crippen molar-refractivity contribution in [3.63, 3.8) is 0 Å². The van der Waals surface area contributed by atoms with E-state index in [-0.39, 0.29) is 28.9 Å². The highest BCUT2D eigenvalue weighted by atomic mass is 35.5. The third-order valence-electron chi connectivity index (χ3n) is 3.13. The van der Waals surface area contributed by atoms with Gasteiger partial charge in [-0.2, -0.15) is 0 Å². The van der Waals surface area contributed by atoms with Crippen LogP contribution in [0.1, 0.15) is 11.3 Å². The molecule has 1 aromatic carbocycles. The Morgan fingerprint density at radius 2 is 2.12 bits per heavy atom. The van der Waals surface area contributed by atoms with Gasteiger partial charge in [0.1, 0.15) is 0 Å². The van der Waals surface area contributed by atoms with E-state index in [0.29, 0.717) is 10.7 Å². The lowest BCUT2D eigenvalue weighted by molar-refractivity contribution is -0.139. The van der Waals surface area contributed by atoms with E-state index < -0.39 is 11.5 Å². The number of aromatic nitrogens is 2. The summed E-state index contributed by atoms with van der Waals surface area (Å²) < 4.78 is 4.55. The Morgan fingerprint density at radius 3 is 2.80 bits per heavy atom. The Morgan fingerprint density at radius 1 is 1.36 bits per heavy atom. The quantitative estimate of drug-likeness (QED) is 0.452. The number of carbonyl (C=O) groups is 2. The summed E-state index contributed by atoms with van der Waals surface area (Å²) in [6, 6.07) is 6.38. The first-order chi connectivity index (χ1) is 11.9. The zero-order valence-corrected chi connectivity index (χ0v) is 15.2. The van der Waals surface area contributed by atoms with E-state index in [9.17, 15) is 14.4 Å². The summed E-state index contributed by atoms with van der Waals surface area (Å²) in [6.07, 6.45) is -0.107. The molecule has 0 atom stereocenters. The largest absolute Gasteiger partial charge is 0.469 e. The molecule has 0 aliphatic heterocycles. The number of carbonyl (C=O) groups excluding carboxylic acids is 2. The Bertz CT molecular complexity index is 854. The fraction of sp³-hybridized carbons (Fsp3) is 0.250. The number of aryl methyl sites for hydroxylation is 1.